The van der Waals surface area contributed by atoms with Gasteiger partial charge in [0.1, 0.15) is 5.54 Å². The summed E-state index contributed by atoms with van der Waals surface area (Å²) >= 11 is 6.06. The predicted octanol–water partition coefficient (Wildman–Crippen LogP) is 5.13. The Hall–Kier alpha value is -3.23. The molecule has 0 bridgehead atoms. The van der Waals surface area contributed by atoms with E-state index in [4.69, 9.17) is 11.6 Å². The van der Waals surface area contributed by atoms with E-state index < -0.39 is 35.0 Å². The Morgan fingerprint density at radius 2 is 1.88 bits per heavy atom. The summed E-state index contributed by atoms with van der Waals surface area (Å²) in [4.78, 5) is 33.3. The number of nitrogens with zero attached hydrogens (tertiary/aromatic N) is 2. The average molecular weight is 486 g/mol. The number of anilines is 1. The number of likely N-dealkylation sites (tertiary alicyclic amines) is 1. The summed E-state index contributed by atoms with van der Waals surface area (Å²) in [5.41, 5.74) is -1.65. The second kappa shape index (κ2) is 7.92. The van der Waals surface area contributed by atoms with E-state index in [2.05, 4.69) is 10.3 Å². The van der Waals surface area contributed by atoms with Crippen LogP contribution in [-0.4, -0.2) is 35.2 Å². The molecule has 2 aliphatic rings. The molecule has 174 valence electrons. The quantitative estimate of drug-likeness (QED) is 0.522. The summed E-state index contributed by atoms with van der Waals surface area (Å²) in [6.45, 7) is 0.279. The number of hydrogen-bond acceptors (Lipinski definition) is 4. The lowest BCUT2D eigenvalue weighted by Gasteiger charge is -2.35. The first-order chi connectivity index (χ1) is 16.2. The number of halogens is 4. The van der Waals surface area contributed by atoms with Crippen LogP contribution in [0.15, 0.2) is 67.0 Å². The van der Waals surface area contributed by atoms with Crippen LogP contribution >= 0.6 is 11.6 Å². The summed E-state index contributed by atoms with van der Waals surface area (Å²) in [5, 5.41) is 2.98. The van der Waals surface area contributed by atoms with E-state index in [0.29, 0.717) is 5.02 Å². The average Bonchev–Trinajstić information content (AvgIpc) is 3.28. The number of carbonyl (C=O) groups excluding carboxylic acids is 2. The molecule has 1 spiro atoms. The van der Waals surface area contributed by atoms with Crippen molar-refractivity contribution in [3.63, 3.8) is 0 Å². The van der Waals surface area contributed by atoms with Gasteiger partial charge in [0.15, 0.2) is 5.78 Å². The summed E-state index contributed by atoms with van der Waals surface area (Å²) in [6.07, 6.45) is -1.73. The van der Waals surface area contributed by atoms with Crippen LogP contribution in [0.2, 0.25) is 5.02 Å². The van der Waals surface area contributed by atoms with Crippen LogP contribution in [0.1, 0.15) is 33.0 Å². The fraction of sp³-hybridized carbons (Fsp3) is 0.240. The second-order valence-corrected chi connectivity index (χ2v) is 9.01. The molecular formula is C25H19ClF3N3O2. The van der Waals surface area contributed by atoms with Crippen molar-refractivity contribution in [3.05, 3.63) is 94.3 Å². The monoisotopic (exact) mass is 485 g/mol. The van der Waals surface area contributed by atoms with Crippen molar-refractivity contribution in [2.75, 3.05) is 18.9 Å². The number of amides is 1. The predicted molar refractivity (Wildman–Crippen MR) is 121 cm³/mol. The number of likely N-dealkylation sites (N-methyl/N-ethyl adjacent to an activating group) is 1. The number of benzene rings is 2. The number of Topliss-reactive ketones (excluding diaryl/α,β-unsaturated/α-hetero) is 1. The van der Waals surface area contributed by atoms with E-state index >= 15 is 0 Å². The number of para-hydroxylation sites is 1. The summed E-state index contributed by atoms with van der Waals surface area (Å²) < 4.78 is 41.4. The molecule has 3 atom stereocenters. The fourth-order valence-electron chi connectivity index (χ4n) is 5.40. The molecule has 1 aromatic heterocycles. The normalized spacial score (nSPS) is 24.3. The van der Waals surface area contributed by atoms with E-state index in [0.717, 1.165) is 11.6 Å². The van der Waals surface area contributed by atoms with E-state index in [1.807, 2.05) is 0 Å². The minimum atomic E-state index is -4.67. The topological polar surface area (TPSA) is 62.3 Å². The lowest BCUT2D eigenvalue weighted by Crippen LogP contribution is -2.51. The number of fused-ring (bicyclic) bond motifs is 2. The Morgan fingerprint density at radius 3 is 2.53 bits per heavy atom. The van der Waals surface area contributed by atoms with Crippen molar-refractivity contribution < 1.29 is 22.8 Å². The van der Waals surface area contributed by atoms with E-state index in [1.54, 1.807) is 48.3 Å². The van der Waals surface area contributed by atoms with Gasteiger partial charge in [-0.05, 0) is 42.9 Å². The van der Waals surface area contributed by atoms with Gasteiger partial charge < -0.3 is 5.32 Å². The number of nitrogens with one attached hydrogen (secondary N) is 1. The van der Waals surface area contributed by atoms with Crippen molar-refractivity contribution in [1.29, 1.82) is 0 Å². The smallest absolute Gasteiger partial charge is 0.323 e. The molecule has 34 heavy (non-hydrogen) atoms. The van der Waals surface area contributed by atoms with Crippen molar-refractivity contribution in [2.24, 2.45) is 5.92 Å². The Labute approximate surface area is 198 Å². The Balaban J connectivity index is 1.75. The molecule has 2 aliphatic heterocycles. The van der Waals surface area contributed by atoms with Gasteiger partial charge in [-0.2, -0.15) is 13.2 Å². The molecule has 1 amide bonds. The zero-order valence-electron chi connectivity index (χ0n) is 17.9. The van der Waals surface area contributed by atoms with Crippen molar-refractivity contribution in [1.82, 2.24) is 9.88 Å². The van der Waals surface area contributed by atoms with Gasteiger partial charge in [0, 0.05) is 41.0 Å². The number of pyridine rings is 1. The van der Waals surface area contributed by atoms with Crippen LogP contribution in [-0.2, 0) is 16.5 Å². The van der Waals surface area contributed by atoms with E-state index in [9.17, 15) is 22.8 Å². The highest BCUT2D eigenvalue weighted by atomic mass is 35.5. The number of alkyl halides is 3. The van der Waals surface area contributed by atoms with Crippen LogP contribution in [0.3, 0.4) is 0 Å². The molecule has 0 radical (unpaired) electrons. The molecule has 9 heteroatoms. The van der Waals surface area contributed by atoms with Crippen LogP contribution < -0.4 is 5.32 Å². The maximum Gasteiger partial charge on any atom is 0.418 e. The molecule has 0 unspecified atom stereocenters. The molecule has 2 aromatic carbocycles. The maximum absolute atomic E-state index is 13.9. The van der Waals surface area contributed by atoms with Crippen LogP contribution in [0, 0.1) is 5.92 Å². The molecule has 5 nitrogen and oxygen atoms in total. The highest BCUT2D eigenvalue weighted by Crippen LogP contribution is 2.57. The van der Waals surface area contributed by atoms with Crippen LogP contribution in [0.25, 0.3) is 0 Å². The first kappa shape index (κ1) is 22.6. The van der Waals surface area contributed by atoms with Gasteiger partial charge in [-0.3, -0.25) is 19.5 Å². The second-order valence-electron chi connectivity index (χ2n) is 8.57. The number of aromatic nitrogens is 1. The van der Waals surface area contributed by atoms with E-state index in [-0.39, 0.29) is 29.1 Å². The maximum atomic E-state index is 13.9. The first-order valence-electron chi connectivity index (χ1n) is 10.6. The minimum absolute atomic E-state index is 0.147. The van der Waals surface area contributed by atoms with Crippen LogP contribution in [0.5, 0.6) is 0 Å². The highest BCUT2D eigenvalue weighted by Gasteiger charge is 2.65. The SMILES string of the molecule is CN1C[C@H](c2ccc(Cl)cc2)[C@H](C(=O)c2cccnc2)[C@]12C(=O)Nc1c(C(F)(F)F)cccc12. The van der Waals surface area contributed by atoms with Gasteiger partial charge in [0.05, 0.1) is 17.2 Å². The molecule has 5 rings (SSSR count). The third-order valence-corrected chi connectivity index (χ3v) is 7.07. The lowest BCUT2D eigenvalue weighted by atomic mass is 9.70. The Morgan fingerprint density at radius 1 is 1.15 bits per heavy atom. The molecule has 1 N–H and O–H groups in total. The first-order valence-corrected chi connectivity index (χ1v) is 11.0. The van der Waals surface area contributed by atoms with Gasteiger partial charge in [0.25, 0.3) is 0 Å². The number of carbonyl (C=O) groups is 2. The summed E-state index contributed by atoms with van der Waals surface area (Å²) in [5.74, 6) is -2.48. The van der Waals surface area contributed by atoms with E-state index in [1.165, 1.54) is 24.5 Å². The summed E-state index contributed by atoms with van der Waals surface area (Å²) in [6, 6.07) is 13.9. The molecule has 0 aliphatic carbocycles. The van der Waals surface area contributed by atoms with Gasteiger partial charge in [0.2, 0.25) is 5.91 Å². The van der Waals surface area contributed by atoms with Gasteiger partial charge >= 0.3 is 6.18 Å². The third kappa shape index (κ3) is 3.24. The van der Waals surface area contributed by atoms with Crippen molar-refractivity contribution in [3.8, 4) is 0 Å². The Kier molecular flexibility index (Phi) is 5.26. The zero-order valence-corrected chi connectivity index (χ0v) is 18.7. The number of hydrogen-bond donors (Lipinski definition) is 1. The van der Waals surface area contributed by atoms with Crippen LogP contribution in [0.4, 0.5) is 18.9 Å². The molecule has 1 saturated heterocycles. The third-order valence-electron chi connectivity index (χ3n) is 6.82. The molecule has 3 heterocycles. The molecule has 0 saturated carbocycles. The Bertz CT molecular complexity index is 1280. The van der Waals surface area contributed by atoms with Gasteiger partial charge in [-0.15, -0.1) is 0 Å². The number of rotatable bonds is 3. The highest BCUT2D eigenvalue weighted by molar-refractivity contribution is 6.30. The van der Waals surface area contributed by atoms with Crippen molar-refractivity contribution >= 4 is 29.0 Å². The minimum Gasteiger partial charge on any atom is -0.323 e. The fourth-order valence-corrected chi connectivity index (χ4v) is 5.53. The molecular weight excluding hydrogens is 467 g/mol. The standard InChI is InChI=1S/C25H19ClF3N3O2/c1-32-13-17(14-7-9-16(26)10-8-14)20(22(33)15-4-3-11-30-12-15)24(32)18-5-2-6-19(25(27,28)29)21(18)31-23(24)34/h2-12,17,20H,13H2,1H3,(H,31,34)/t17-,20-,24-/m1/s1. The zero-order chi connectivity index (χ0) is 24.3. The van der Waals surface area contributed by atoms with Gasteiger partial charge in [-0.25, -0.2) is 0 Å². The van der Waals surface area contributed by atoms with Gasteiger partial charge in [-0.1, -0.05) is 35.9 Å². The number of ketones is 1. The summed E-state index contributed by atoms with van der Waals surface area (Å²) in [7, 11) is 1.66. The molecule has 1 fully saturated rings. The largest absolute Gasteiger partial charge is 0.418 e. The van der Waals surface area contributed by atoms with Crippen molar-refractivity contribution in [2.45, 2.75) is 17.6 Å². The molecule has 3 aromatic rings. The lowest BCUT2D eigenvalue weighted by molar-refractivity contribution is -0.136.